The lowest BCUT2D eigenvalue weighted by molar-refractivity contribution is 0.164. The van der Waals surface area contributed by atoms with Crippen LogP contribution in [0.25, 0.3) is 0 Å². The first-order chi connectivity index (χ1) is 3.30. The van der Waals surface area contributed by atoms with Crippen molar-refractivity contribution in [2.75, 3.05) is 0 Å². The van der Waals surface area contributed by atoms with Gasteiger partial charge in [0.15, 0.2) is 0 Å². The van der Waals surface area contributed by atoms with Crippen LogP contribution in [0.4, 0.5) is 4.39 Å². The van der Waals surface area contributed by atoms with Crippen LogP contribution in [-0.4, -0.2) is 6.17 Å². The summed E-state index contributed by atoms with van der Waals surface area (Å²) in [5.74, 6) is 0.417. The highest BCUT2D eigenvalue weighted by Gasteiger charge is 2.22. The number of alkyl halides is 1. The van der Waals surface area contributed by atoms with E-state index in [1.54, 1.807) is 6.92 Å². The van der Waals surface area contributed by atoms with E-state index in [1.807, 2.05) is 0 Å². The van der Waals surface area contributed by atoms with Crippen molar-refractivity contribution in [2.24, 2.45) is 5.92 Å². The molecule has 1 atom stereocenters. The lowest BCUT2D eigenvalue weighted by Crippen LogP contribution is -2.19. The van der Waals surface area contributed by atoms with Crippen molar-refractivity contribution in [2.45, 2.75) is 32.4 Å². The zero-order valence-electron chi connectivity index (χ0n) is 4.65. The molecule has 0 amide bonds. The van der Waals surface area contributed by atoms with Gasteiger partial charge in [-0.1, -0.05) is 6.42 Å². The van der Waals surface area contributed by atoms with E-state index in [4.69, 9.17) is 0 Å². The van der Waals surface area contributed by atoms with Crippen molar-refractivity contribution in [1.29, 1.82) is 0 Å². The van der Waals surface area contributed by atoms with Gasteiger partial charge in [0.2, 0.25) is 0 Å². The Kier molecular flexibility index (Phi) is 1.31. The fraction of sp³-hybridized carbons (Fsp3) is 1.00. The molecule has 0 heterocycles. The highest BCUT2D eigenvalue weighted by atomic mass is 19.1. The molecule has 1 unspecified atom stereocenters. The summed E-state index contributed by atoms with van der Waals surface area (Å²) in [7, 11) is 0. The summed E-state index contributed by atoms with van der Waals surface area (Å²) >= 11 is 0. The van der Waals surface area contributed by atoms with Crippen LogP contribution in [0.2, 0.25) is 0 Å². The molecule has 0 aromatic rings. The standard InChI is InChI=1S/C6H11F/c1-5(7)6-3-2-4-6/h5-6H,2-4H2,1H3. The lowest BCUT2D eigenvalue weighted by Gasteiger charge is -2.26. The Bertz CT molecular complexity index is 55.2. The average molecular weight is 102 g/mol. The fourth-order valence-electron chi connectivity index (χ4n) is 0.899. The van der Waals surface area contributed by atoms with E-state index in [0.717, 1.165) is 12.8 Å². The molecule has 7 heavy (non-hydrogen) atoms. The van der Waals surface area contributed by atoms with E-state index in [-0.39, 0.29) is 0 Å². The third-order valence-electron chi connectivity index (χ3n) is 1.80. The van der Waals surface area contributed by atoms with Crippen LogP contribution < -0.4 is 0 Å². The highest BCUT2D eigenvalue weighted by Crippen LogP contribution is 2.30. The number of hydrogen-bond acceptors (Lipinski definition) is 0. The van der Waals surface area contributed by atoms with Crippen LogP contribution in [0.15, 0.2) is 0 Å². The smallest absolute Gasteiger partial charge is 0.100 e. The van der Waals surface area contributed by atoms with Crippen LogP contribution in [0, 0.1) is 5.92 Å². The molecule has 0 nitrogen and oxygen atoms in total. The molecule has 1 fully saturated rings. The van der Waals surface area contributed by atoms with Gasteiger partial charge in [0, 0.05) is 0 Å². The molecule has 42 valence electrons. The van der Waals surface area contributed by atoms with Gasteiger partial charge in [-0.15, -0.1) is 0 Å². The van der Waals surface area contributed by atoms with E-state index >= 15 is 0 Å². The van der Waals surface area contributed by atoms with Gasteiger partial charge in [-0.25, -0.2) is 4.39 Å². The van der Waals surface area contributed by atoms with Gasteiger partial charge in [0.1, 0.15) is 6.17 Å². The van der Waals surface area contributed by atoms with Crippen LogP contribution in [0.3, 0.4) is 0 Å². The molecule has 1 saturated carbocycles. The zero-order valence-corrected chi connectivity index (χ0v) is 4.65. The largest absolute Gasteiger partial charge is 0.247 e. The number of hydrogen-bond donors (Lipinski definition) is 0. The molecule has 0 aromatic carbocycles. The van der Waals surface area contributed by atoms with Gasteiger partial charge in [0.05, 0.1) is 0 Å². The summed E-state index contributed by atoms with van der Waals surface area (Å²) in [4.78, 5) is 0. The van der Waals surface area contributed by atoms with E-state index in [0.29, 0.717) is 5.92 Å². The van der Waals surface area contributed by atoms with Gasteiger partial charge in [-0.05, 0) is 25.7 Å². The van der Waals surface area contributed by atoms with Crippen LogP contribution in [-0.2, 0) is 0 Å². The third-order valence-corrected chi connectivity index (χ3v) is 1.80. The van der Waals surface area contributed by atoms with Gasteiger partial charge in [-0.2, -0.15) is 0 Å². The Morgan fingerprint density at radius 2 is 2.14 bits per heavy atom. The quantitative estimate of drug-likeness (QED) is 0.476. The second-order valence-electron chi connectivity index (χ2n) is 2.37. The maximum absolute atomic E-state index is 12.1. The first-order valence-electron chi connectivity index (χ1n) is 2.95. The van der Waals surface area contributed by atoms with E-state index in [2.05, 4.69) is 0 Å². The fourth-order valence-corrected chi connectivity index (χ4v) is 0.899. The summed E-state index contributed by atoms with van der Waals surface area (Å²) < 4.78 is 12.1. The molecule has 0 radical (unpaired) electrons. The summed E-state index contributed by atoms with van der Waals surface area (Å²) in [5, 5.41) is 0. The monoisotopic (exact) mass is 102 g/mol. The topological polar surface area (TPSA) is 0 Å². The summed E-state index contributed by atoms with van der Waals surface area (Å²) in [6.45, 7) is 1.66. The normalized spacial score (nSPS) is 26.6. The van der Waals surface area contributed by atoms with E-state index in [9.17, 15) is 4.39 Å². The Hall–Kier alpha value is -0.0700. The van der Waals surface area contributed by atoms with Crippen LogP contribution >= 0.6 is 0 Å². The molecule has 0 saturated heterocycles. The Balaban J connectivity index is 2.14. The Morgan fingerprint density at radius 1 is 1.57 bits per heavy atom. The average Bonchev–Trinajstić information content (AvgIpc) is 1.23. The minimum Gasteiger partial charge on any atom is -0.247 e. The summed E-state index contributed by atoms with van der Waals surface area (Å²) in [5.41, 5.74) is 0. The molecule has 0 aliphatic heterocycles. The van der Waals surface area contributed by atoms with Crippen molar-refractivity contribution in [3.63, 3.8) is 0 Å². The number of halogens is 1. The predicted molar refractivity (Wildman–Crippen MR) is 27.9 cm³/mol. The summed E-state index contributed by atoms with van der Waals surface area (Å²) in [6, 6.07) is 0. The number of rotatable bonds is 1. The van der Waals surface area contributed by atoms with Crippen molar-refractivity contribution in [3.05, 3.63) is 0 Å². The molecule has 1 heteroatoms. The van der Waals surface area contributed by atoms with Crippen molar-refractivity contribution < 1.29 is 4.39 Å². The van der Waals surface area contributed by atoms with Crippen molar-refractivity contribution in [3.8, 4) is 0 Å². The van der Waals surface area contributed by atoms with E-state index < -0.39 is 6.17 Å². The minimum absolute atomic E-state index is 0.417. The van der Waals surface area contributed by atoms with Crippen molar-refractivity contribution in [1.82, 2.24) is 0 Å². The molecule has 0 N–H and O–H groups in total. The third kappa shape index (κ3) is 0.929. The minimum atomic E-state index is -0.547. The van der Waals surface area contributed by atoms with Gasteiger partial charge in [0.25, 0.3) is 0 Å². The molecule has 1 aliphatic rings. The van der Waals surface area contributed by atoms with Crippen LogP contribution in [0.1, 0.15) is 26.2 Å². The predicted octanol–water partition coefficient (Wildman–Crippen LogP) is 2.14. The van der Waals surface area contributed by atoms with E-state index in [1.165, 1.54) is 6.42 Å². The maximum atomic E-state index is 12.1. The maximum Gasteiger partial charge on any atom is 0.100 e. The molecular formula is C6H11F. The molecule has 0 bridgehead atoms. The zero-order chi connectivity index (χ0) is 5.28. The molecule has 1 rings (SSSR count). The van der Waals surface area contributed by atoms with Gasteiger partial charge in [-0.3, -0.25) is 0 Å². The Morgan fingerprint density at radius 3 is 2.14 bits per heavy atom. The highest BCUT2D eigenvalue weighted by molar-refractivity contribution is 4.73. The second-order valence-corrected chi connectivity index (χ2v) is 2.37. The lowest BCUT2D eigenvalue weighted by atomic mass is 9.82. The molecule has 1 aliphatic carbocycles. The summed E-state index contributed by atoms with van der Waals surface area (Å²) in [6.07, 6.45) is 2.95. The SMILES string of the molecule is CC(F)C1CCC1. The molecule has 0 aromatic heterocycles. The van der Waals surface area contributed by atoms with Crippen LogP contribution in [0.5, 0.6) is 0 Å². The molecular weight excluding hydrogens is 91.1 g/mol. The first-order valence-corrected chi connectivity index (χ1v) is 2.95. The van der Waals surface area contributed by atoms with Gasteiger partial charge >= 0.3 is 0 Å². The Labute approximate surface area is 43.7 Å². The second kappa shape index (κ2) is 1.81. The molecule has 0 spiro atoms. The first kappa shape index (κ1) is 5.07. The van der Waals surface area contributed by atoms with Gasteiger partial charge < -0.3 is 0 Å². The van der Waals surface area contributed by atoms with Crippen molar-refractivity contribution >= 4 is 0 Å².